The van der Waals surface area contributed by atoms with Crippen LogP contribution in [0.4, 0.5) is 10.5 Å². The molecule has 1 aliphatic carbocycles. The van der Waals surface area contributed by atoms with Crippen molar-refractivity contribution in [2.75, 3.05) is 5.75 Å². The molecule has 1 aromatic rings. The first kappa shape index (κ1) is 18.7. The maximum Gasteiger partial charge on any atom is 0.413 e. The Morgan fingerprint density at radius 2 is 2.19 bits per heavy atom. The topological polar surface area (TPSA) is 93.8 Å². The minimum Gasteiger partial charge on any atom is -0.444 e. The molecule has 2 atom stereocenters. The number of thioether (sulfide) groups is 1. The Morgan fingerprint density at radius 3 is 2.85 bits per heavy atom. The van der Waals surface area contributed by atoms with E-state index in [1.807, 2.05) is 6.92 Å². The Bertz CT molecular complexity index is 787. The van der Waals surface area contributed by atoms with Crippen molar-refractivity contribution >= 4 is 28.7 Å². The summed E-state index contributed by atoms with van der Waals surface area (Å²) < 4.78 is 5.31. The number of nitro groups is 1. The molecular weight excluding hydrogens is 354 g/mol. The molecule has 1 saturated carbocycles. The number of hydrogen-bond acceptors (Lipinski definition) is 6. The van der Waals surface area contributed by atoms with Crippen molar-refractivity contribution in [1.82, 2.24) is 5.32 Å². The number of carbonyl (C=O) groups is 1. The summed E-state index contributed by atoms with van der Waals surface area (Å²) in [7, 11) is 0. The molecule has 0 bridgehead atoms. The van der Waals surface area contributed by atoms with Gasteiger partial charge in [-0.3, -0.25) is 20.4 Å². The van der Waals surface area contributed by atoms with Crippen molar-refractivity contribution in [2.24, 2.45) is 10.9 Å². The predicted molar refractivity (Wildman–Crippen MR) is 101 cm³/mol. The molecule has 0 radical (unpaired) electrons. The number of carbonyl (C=O) groups excluding carboxylic acids is 1. The fourth-order valence-electron chi connectivity index (χ4n) is 3.34. The average Bonchev–Trinajstić information content (AvgIpc) is 3.19. The van der Waals surface area contributed by atoms with Crippen molar-refractivity contribution in [3.8, 4) is 0 Å². The van der Waals surface area contributed by atoms with Gasteiger partial charge in [0.05, 0.1) is 10.5 Å². The highest BCUT2D eigenvalue weighted by Gasteiger charge is 2.57. The fraction of sp³-hybridized carbons (Fsp3) is 0.556. The zero-order valence-electron chi connectivity index (χ0n) is 15.4. The van der Waals surface area contributed by atoms with E-state index in [1.165, 1.54) is 17.8 Å². The third-order valence-corrected chi connectivity index (χ3v) is 5.49. The van der Waals surface area contributed by atoms with Gasteiger partial charge in [0.2, 0.25) is 0 Å². The summed E-state index contributed by atoms with van der Waals surface area (Å²) in [5.74, 6) is 1.18. The normalized spacial score (nSPS) is 24.8. The van der Waals surface area contributed by atoms with E-state index in [2.05, 4.69) is 5.32 Å². The molecular formula is C18H23N3O4S. The number of hydrogen-bond donors (Lipinski definition) is 1. The van der Waals surface area contributed by atoms with E-state index in [0.29, 0.717) is 11.1 Å². The first-order valence-corrected chi connectivity index (χ1v) is 9.57. The van der Waals surface area contributed by atoms with Gasteiger partial charge in [-0.05, 0) is 57.6 Å². The van der Waals surface area contributed by atoms with Crippen molar-refractivity contribution < 1.29 is 14.5 Å². The van der Waals surface area contributed by atoms with E-state index >= 15 is 0 Å². The SMILES string of the molecule is Cc1ccc([N+](=O)[O-])cc1[C@]12C[C@H]1CCSC(NC(=O)OC(C)(C)C)=N2. The van der Waals surface area contributed by atoms with Crippen LogP contribution in [0.3, 0.4) is 0 Å². The Balaban J connectivity index is 1.90. The Hall–Kier alpha value is -2.09. The third kappa shape index (κ3) is 3.85. The summed E-state index contributed by atoms with van der Waals surface area (Å²) in [4.78, 5) is 27.7. The number of non-ortho nitro benzene ring substituents is 1. The van der Waals surface area contributed by atoms with Crippen LogP contribution < -0.4 is 5.32 Å². The van der Waals surface area contributed by atoms with Gasteiger partial charge in [0.15, 0.2) is 5.17 Å². The van der Waals surface area contributed by atoms with Gasteiger partial charge in [0, 0.05) is 17.9 Å². The summed E-state index contributed by atoms with van der Waals surface area (Å²) in [6.07, 6.45) is 1.26. The van der Waals surface area contributed by atoms with Crippen molar-refractivity contribution in [2.45, 2.75) is 51.7 Å². The van der Waals surface area contributed by atoms with Gasteiger partial charge in [-0.25, -0.2) is 4.79 Å². The van der Waals surface area contributed by atoms with Crippen LogP contribution >= 0.6 is 11.8 Å². The predicted octanol–water partition coefficient (Wildman–Crippen LogP) is 4.14. The lowest BCUT2D eigenvalue weighted by Gasteiger charge is -2.20. The van der Waals surface area contributed by atoms with Crippen LogP contribution in [-0.2, 0) is 10.3 Å². The number of nitrogens with zero attached hydrogens (tertiary/aromatic N) is 2. The molecule has 1 fully saturated rings. The first-order chi connectivity index (χ1) is 12.1. The average molecular weight is 377 g/mol. The second-order valence-electron chi connectivity index (χ2n) is 7.76. The van der Waals surface area contributed by atoms with Gasteiger partial charge in [0.1, 0.15) is 5.60 Å². The number of ether oxygens (including phenoxy) is 1. The smallest absolute Gasteiger partial charge is 0.413 e. The molecule has 1 N–H and O–H groups in total. The third-order valence-electron chi connectivity index (χ3n) is 4.59. The largest absolute Gasteiger partial charge is 0.444 e. The Morgan fingerprint density at radius 1 is 1.46 bits per heavy atom. The number of alkyl carbamates (subject to hydrolysis) is 1. The van der Waals surface area contributed by atoms with Crippen LogP contribution in [-0.4, -0.2) is 27.5 Å². The maximum absolute atomic E-state index is 12.1. The molecule has 0 unspecified atom stereocenters. The zero-order chi connectivity index (χ0) is 19.1. The van der Waals surface area contributed by atoms with Gasteiger partial charge in [-0.1, -0.05) is 17.8 Å². The molecule has 2 aliphatic rings. The lowest BCUT2D eigenvalue weighted by Crippen LogP contribution is -2.35. The van der Waals surface area contributed by atoms with Crippen LogP contribution in [0.5, 0.6) is 0 Å². The maximum atomic E-state index is 12.1. The number of benzene rings is 1. The summed E-state index contributed by atoms with van der Waals surface area (Å²) in [6, 6.07) is 4.91. The Labute approximate surface area is 156 Å². The number of amidine groups is 1. The molecule has 140 valence electrons. The molecule has 1 amide bonds. The van der Waals surface area contributed by atoms with Crippen molar-refractivity contribution in [1.29, 1.82) is 0 Å². The molecule has 26 heavy (non-hydrogen) atoms. The quantitative estimate of drug-likeness (QED) is 0.617. The number of rotatable bonds is 2. The van der Waals surface area contributed by atoms with E-state index in [-0.39, 0.29) is 10.6 Å². The highest BCUT2D eigenvalue weighted by molar-refractivity contribution is 8.13. The van der Waals surface area contributed by atoms with Crippen LogP contribution in [0.2, 0.25) is 0 Å². The van der Waals surface area contributed by atoms with Gasteiger partial charge >= 0.3 is 6.09 Å². The second-order valence-corrected chi connectivity index (χ2v) is 8.85. The summed E-state index contributed by atoms with van der Waals surface area (Å²) in [5.41, 5.74) is 0.855. The minimum atomic E-state index is -0.587. The minimum absolute atomic E-state index is 0.0689. The second kappa shape index (κ2) is 6.57. The van der Waals surface area contributed by atoms with E-state index in [9.17, 15) is 14.9 Å². The summed E-state index contributed by atoms with van der Waals surface area (Å²) in [6.45, 7) is 7.36. The van der Waals surface area contributed by atoms with Crippen LogP contribution in [0.15, 0.2) is 23.2 Å². The molecule has 1 aliphatic heterocycles. The lowest BCUT2D eigenvalue weighted by molar-refractivity contribution is -0.385. The number of nitrogens with one attached hydrogen (secondary N) is 1. The number of aliphatic imine (C=N–C) groups is 1. The highest BCUT2D eigenvalue weighted by atomic mass is 32.2. The van der Waals surface area contributed by atoms with Crippen molar-refractivity contribution in [3.05, 3.63) is 39.4 Å². The summed E-state index contributed by atoms with van der Waals surface area (Å²) >= 11 is 1.49. The zero-order valence-corrected chi connectivity index (χ0v) is 16.2. The van der Waals surface area contributed by atoms with E-state index in [0.717, 1.165) is 29.7 Å². The van der Waals surface area contributed by atoms with Gasteiger partial charge < -0.3 is 4.74 Å². The molecule has 8 heteroatoms. The van der Waals surface area contributed by atoms with E-state index in [4.69, 9.17) is 9.73 Å². The summed E-state index contributed by atoms with van der Waals surface area (Å²) in [5, 5.41) is 14.4. The van der Waals surface area contributed by atoms with Gasteiger partial charge in [0.25, 0.3) is 5.69 Å². The fourth-order valence-corrected chi connectivity index (χ4v) is 4.32. The number of fused-ring (bicyclic) bond motifs is 1. The first-order valence-electron chi connectivity index (χ1n) is 8.59. The monoisotopic (exact) mass is 377 g/mol. The lowest BCUT2D eigenvalue weighted by atomic mass is 9.96. The Kier molecular flexibility index (Phi) is 4.72. The molecule has 0 spiro atoms. The number of amides is 1. The van der Waals surface area contributed by atoms with Crippen molar-refractivity contribution in [3.63, 3.8) is 0 Å². The number of aryl methyl sites for hydroxylation is 1. The van der Waals surface area contributed by atoms with Crippen LogP contribution in [0, 0.1) is 23.0 Å². The molecule has 7 nitrogen and oxygen atoms in total. The van der Waals surface area contributed by atoms with Gasteiger partial charge in [-0.2, -0.15) is 0 Å². The van der Waals surface area contributed by atoms with E-state index < -0.39 is 17.2 Å². The molecule has 3 rings (SSSR count). The molecule has 1 aromatic carbocycles. The van der Waals surface area contributed by atoms with Crippen LogP contribution in [0.1, 0.15) is 44.7 Å². The highest BCUT2D eigenvalue weighted by Crippen LogP contribution is 2.60. The number of nitro benzene ring substituents is 1. The molecule has 1 heterocycles. The molecule has 0 saturated heterocycles. The standard InChI is InChI=1S/C18H23N3O4S/c1-11-5-6-13(21(23)24)9-14(11)18-10-12(18)7-8-26-15(20-18)19-16(22)25-17(2,3)4/h5-6,9,12H,7-8,10H2,1-4H3,(H,19,20,22)/t12-,18+/m1/s1. The van der Waals surface area contributed by atoms with Gasteiger partial charge in [-0.15, -0.1) is 0 Å². The van der Waals surface area contributed by atoms with Crippen LogP contribution in [0.25, 0.3) is 0 Å². The molecule has 0 aromatic heterocycles. The van der Waals surface area contributed by atoms with E-state index in [1.54, 1.807) is 32.9 Å².